The molecule has 0 radical (unpaired) electrons. The maximum atomic E-state index is 11.1. The molecule has 0 N–H and O–H groups in total. The molecule has 3 nitrogen and oxygen atoms in total. The van der Waals surface area contributed by atoms with Crippen LogP contribution in [-0.2, 0) is 4.74 Å². The summed E-state index contributed by atoms with van der Waals surface area (Å²) in [5, 5.41) is 0. The van der Waals surface area contributed by atoms with E-state index < -0.39 is 0 Å². The second-order valence-corrected chi connectivity index (χ2v) is 3.58. The number of carbonyl (C=O) groups is 1. The van der Waals surface area contributed by atoms with Crippen molar-refractivity contribution in [3.05, 3.63) is 29.8 Å². The molecule has 1 aromatic carbocycles. The van der Waals surface area contributed by atoms with Crippen molar-refractivity contribution in [1.82, 2.24) is 0 Å². The normalized spacial score (nSPS) is 9.73. The quantitative estimate of drug-likeness (QED) is 0.438. The van der Waals surface area contributed by atoms with E-state index in [2.05, 4.69) is 14.0 Å². The molecule has 0 saturated carbocycles. The summed E-state index contributed by atoms with van der Waals surface area (Å²) in [6.45, 7) is 0.696. The summed E-state index contributed by atoms with van der Waals surface area (Å²) in [5.74, 6) is 0.451. The molecule has 0 fully saturated rings. The summed E-state index contributed by atoms with van der Waals surface area (Å²) in [7, 11) is 4.02. The Labute approximate surface area is 92.0 Å². The van der Waals surface area contributed by atoms with Gasteiger partial charge in [-0.25, -0.2) is 4.79 Å². The highest BCUT2D eigenvalue weighted by Crippen LogP contribution is 2.13. The van der Waals surface area contributed by atoms with E-state index in [1.807, 2.05) is 0 Å². The van der Waals surface area contributed by atoms with Gasteiger partial charge >= 0.3 is 5.97 Å². The van der Waals surface area contributed by atoms with Gasteiger partial charge in [0.15, 0.2) is 0 Å². The van der Waals surface area contributed by atoms with Gasteiger partial charge in [-0.3, -0.25) is 0 Å². The van der Waals surface area contributed by atoms with Crippen molar-refractivity contribution >= 4 is 15.2 Å². The summed E-state index contributed by atoms with van der Waals surface area (Å²) in [5.41, 5.74) is 0.538. The second-order valence-electron chi connectivity index (χ2n) is 3.01. The maximum absolute atomic E-state index is 11.1. The molecule has 0 saturated heterocycles. The fourth-order valence-electron chi connectivity index (χ4n) is 1.08. The number of rotatable bonds is 5. The van der Waals surface area contributed by atoms with Crippen LogP contribution in [0.3, 0.4) is 0 Å². The Morgan fingerprint density at radius 2 is 2.00 bits per heavy atom. The van der Waals surface area contributed by atoms with Crippen molar-refractivity contribution in [2.75, 3.05) is 19.9 Å². The number of benzene rings is 1. The molecule has 1 aromatic rings. The predicted octanol–water partition coefficient (Wildman–Crippen LogP) is 2.12. The van der Waals surface area contributed by atoms with Crippen molar-refractivity contribution < 1.29 is 14.3 Å². The minimum absolute atomic E-state index is 0.327. The molecule has 0 bridgehead atoms. The van der Waals surface area contributed by atoms with Gasteiger partial charge < -0.3 is 9.47 Å². The topological polar surface area (TPSA) is 35.5 Å². The number of ether oxygens (including phenoxy) is 2. The van der Waals surface area contributed by atoms with Crippen molar-refractivity contribution in [3.63, 3.8) is 0 Å². The minimum atomic E-state index is -0.327. The lowest BCUT2D eigenvalue weighted by Crippen LogP contribution is -2.01. The molecule has 1 rings (SSSR count). The van der Waals surface area contributed by atoms with E-state index in [4.69, 9.17) is 4.74 Å². The van der Waals surface area contributed by atoms with Crippen LogP contribution in [0, 0.1) is 0 Å². The van der Waals surface area contributed by atoms with Gasteiger partial charge in [-0.05, 0) is 36.8 Å². The van der Waals surface area contributed by atoms with E-state index in [1.54, 1.807) is 24.3 Å². The predicted molar refractivity (Wildman–Crippen MR) is 62.5 cm³/mol. The molecule has 1 unspecified atom stereocenters. The van der Waals surface area contributed by atoms with Gasteiger partial charge in [0.1, 0.15) is 5.75 Å². The van der Waals surface area contributed by atoms with Crippen LogP contribution < -0.4 is 4.74 Å². The van der Waals surface area contributed by atoms with Crippen molar-refractivity contribution in [3.8, 4) is 5.75 Å². The van der Waals surface area contributed by atoms with Gasteiger partial charge in [-0.15, -0.1) is 9.24 Å². The Morgan fingerprint density at radius 3 is 2.53 bits per heavy atom. The zero-order valence-corrected chi connectivity index (χ0v) is 9.89. The van der Waals surface area contributed by atoms with E-state index in [9.17, 15) is 4.79 Å². The molecule has 15 heavy (non-hydrogen) atoms. The number of esters is 1. The lowest BCUT2D eigenvalue weighted by molar-refractivity contribution is 0.0600. The van der Waals surface area contributed by atoms with Gasteiger partial charge in [-0.1, -0.05) is 0 Å². The lowest BCUT2D eigenvalue weighted by atomic mass is 10.2. The summed E-state index contributed by atoms with van der Waals surface area (Å²) in [6.07, 6.45) is 2.03. The van der Waals surface area contributed by atoms with Gasteiger partial charge in [0.25, 0.3) is 0 Å². The van der Waals surface area contributed by atoms with Crippen molar-refractivity contribution in [1.29, 1.82) is 0 Å². The summed E-state index contributed by atoms with van der Waals surface area (Å²) >= 11 is 0. The highest BCUT2D eigenvalue weighted by molar-refractivity contribution is 7.16. The smallest absolute Gasteiger partial charge is 0.337 e. The van der Waals surface area contributed by atoms with Crippen LogP contribution >= 0.6 is 9.24 Å². The zero-order chi connectivity index (χ0) is 11.1. The molecule has 0 aliphatic rings. The Morgan fingerprint density at radius 1 is 1.33 bits per heavy atom. The number of methoxy groups -OCH3 is 1. The largest absolute Gasteiger partial charge is 0.494 e. The van der Waals surface area contributed by atoms with Crippen molar-refractivity contribution in [2.24, 2.45) is 0 Å². The first-order chi connectivity index (χ1) is 7.27. The molecule has 0 aliphatic heterocycles. The van der Waals surface area contributed by atoms with Crippen LogP contribution in [0.5, 0.6) is 5.75 Å². The Balaban J connectivity index is 2.52. The molecule has 1 atom stereocenters. The van der Waals surface area contributed by atoms with Gasteiger partial charge in [0.2, 0.25) is 0 Å². The van der Waals surface area contributed by atoms with Gasteiger partial charge in [0.05, 0.1) is 19.3 Å². The third-order valence-corrected chi connectivity index (χ3v) is 2.30. The summed E-state index contributed by atoms with van der Waals surface area (Å²) in [4.78, 5) is 11.1. The van der Waals surface area contributed by atoms with E-state index in [0.29, 0.717) is 12.2 Å². The molecule has 0 heterocycles. The van der Waals surface area contributed by atoms with Crippen LogP contribution in [0.4, 0.5) is 0 Å². The number of hydrogen-bond acceptors (Lipinski definition) is 3. The first kappa shape index (κ1) is 12.0. The zero-order valence-electron chi connectivity index (χ0n) is 8.73. The van der Waals surface area contributed by atoms with Crippen molar-refractivity contribution in [2.45, 2.75) is 6.42 Å². The first-order valence-corrected chi connectivity index (χ1v) is 5.61. The molecule has 0 aromatic heterocycles. The fourth-order valence-corrected chi connectivity index (χ4v) is 1.25. The lowest BCUT2D eigenvalue weighted by Gasteiger charge is -2.05. The fraction of sp³-hybridized carbons (Fsp3) is 0.364. The standard InChI is InChI=1S/C11H15O3P/c1-13-11(12)9-3-5-10(6-4-9)14-7-2-8-15/h3-6H,2,7-8,15H2,1H3. The molecule has 0 aliphatic carbocycles. The van der Waals surface area contributed by atoms with Gasteiger partial charge in [0, 0.05) is 0 Å². The second kappa shape index (κ2) is 6.41. The highest BCUT2D eigenvalue weighted by Gasteiger charge is 2.04. The molecule has 0 amide bonds. The van der Waals surface area contributed by atoms with Crippen LogP contribution in [0.25, 0.3) is 0 Å². The summed E-state index contributed by atoms with van der Waals surface area (Å²) in [6, 6.07) is 6.94. The van der Waals surface area contributed by atoms with Crippen LogP contribution in [0.2, 0.25) is 0 Å². The number of carbonyl (C=O) groups excluding carboxylic acids is 1. The number of hydrogen-bond donors (Lipinski definition) is 0. The summed E-state index contributed by atoms with van der Waals surface area (Å²) < 4.78 is 10.0. The molecular formula is C11H15O3P. The average Bonchev–Trinajstić information content (AvgIpc) is 2.29. The maximum Gasteiger partial charge on any atom is 0.337 e. The Kier molecular flexibility index (Phi) is 5.13. The molecule has 4 heteroatoms. The van der Waals surface area contributed by atoms with Crippen LogP contribution in [0.15, 0.2) is 24.3 Å². The highest BCUT2D eigenvalue weighted by atomic mass is 31.0. The first-order valence-electron chi connectivity index (χ1n) is 4.79. The minimum Gasteiger partial charge on any atom is -0.494 e. The Hall–Kier alpha value is -1.08. The van der Waals surface area contributed by atoms with E-state index in [-0.39, 0.29) is 5.97 Å². The molecule has 0 spiro atoms. The Bertz CT molecular complexity index is 308. The third-order valence-electron chi connectivity index (χ3n) is 1.89. The van der Waals surface area contributed by atoms with E-state index >= 15 is 0 Å². The molecule has 82 valence electrons. The van der Waals surface area contributed by atoms with Crippen LogP contribution in [0.1, 0.15) is 16.8 Å². The SMILES string of the molecule is COC(=O)c1ccc(OCCCP)cc1. The third kappa shape index (κ3) is 3.88. The van der Waals surface area contributed by atoms with Crippen LogP contribution in [-0.4, -0.2) is 25.8 Å². The van der Waals surface area contributed by atoms with Gasteiger partial charge in [-0.2, -0.15) is 0 Å². The average molecular weight is 226 g/mol. The monoisotopic (exact) mass is 226 g/mol. The van der Waals surface area contributed by atoms with E-state index in [1.165, 1.54) is 7.11 Å². The van der Waals surface area contributed by atoms with E-state index in [0.717, 1.165) is 18.3 Å². The molecular weight excluding hydrogens is 211 g/mol.